The molecule has 0 aliphatic rings. The number of aromatic hydroxyl groups is 1. The van der Waals surface area contributed by atoms with Gasteiger partial charge in [0, 0.05) is 19.5 Å². The van der Waals surface area contributed by atoms with E-state index in [2.05, 4.69) is 10.2 Å². The number of nitrogens with one attached hydrogen (secondary N) is 1. The molecule has 0 aliphatic heterocycles. The fourth-order valence-corrected chi connectivity index (χ4v) is 2.48. The summed E-state index contributed by atoms with van der Waals surface area (Å²) in [5.74, 6) is 0.314. The molecule has 2 N–H and O–H groups in total. The number of phenols is 1. The molecule has 1 amide bonds. The third-order valence-corrected chi connectivity index (χ3v) is 3.76. The van der Waals surface area contributed by atoms with Crippen molar-refractivity contribution in [3.63, 3.8) is 0 Å². The number of nitrogens with zero attached hydrogens (tertiary/aromatic N) is 1. The third-order valence-electron chi connectivity index (χ3n) is 3.76. The Bertz CT molecular complexity index is 628. The van der Waals surface area contributed by atoms with Crippen molar-refractivity contribution in [2.75, 3.05) is 13.6 Å². The number of carbonyl (C=O) groups excluding carboxylic acids is 1. The van der Waals surface area contributed by atoms with Crippen LogP contribution in [0.3, 0.4) is 0 Å². The van der Waals surface area contributed by atoms with Crippen molar-refractivity contribution in [3.05, 3.63) is 65.7 Å². The van der Waals surface area contributed by atoms with Crippen molar-refractivity contribution in [3.8, 4) is 5.75 Å². The van der Waals surface area contributed by atoms with E-state index in [1.165, 1.54) is 0 Å². The molecule has 0 spiro atoms. The van der Waals surface area contributed by atoms with Gasteiger partial charge in [-0.1, -0.05) is 42.5 Å². The molecule has 4 nitrogen and oxygen atoms in total. The van der Waals surface area contributed by atoms with E-state index in [0.717, 1.165) is 11.1 Å². The maximum absolute atomic E-state index is 12.1. The highest BCUT2D eigenvalue weighted by molar-refractivity contribution is 5.76. The summed E-state index contributed by atoms with van der Waals surface area (Å²) in [4.78, 5) is 14.1. The lowest BCUT2D eigenvalue weighted by Gasteiger charge is -2.18. The number of carbonyl (C=O) groups is 1. The Hall–Kier alpha value is -2.33. The summed E-state index contributed by atoms with van der Waals surface area (Å²) in [6.07, 6.45) is 0.451. The molecule has 0 aliphatic carbocycles. The van der Waals surface area contributed by atoms with Crippen LogP contribution < -0.4 is 5.32 Å². The number of benzene rings is 2. The van der Waals surface area contributed by atoms with E-state index in [1.54, 1.807) is 12.1 Å². The van der Waals surface area contributed by atoms with Gasteiger partial charge in [-0.25, -0.2) is 0 Å². The fourth-order valence-electron chi connectivity index (χ4n) is 2.48. The standard InChI is InChI=1S/C19H24N2O2/c1-15(17-8-4-3-5-9-17)20-19(23)11-12-21(2)14-16-7-6-10-18(22)13-16/h3-10,13,15,22H,11-12,14H2,1-2H3,(H,20,23). The molecule has 0 saturated heterocycles. The van der Waals surface area contributed by atoms with Crippen LogP contribution in [0.5, 0.6) is 5.75 Å². The predicted molar refractivity (Wildman–Crippen MR) is 92.1 cm³/mol. The molecule has 0 saturated carbocycles. The van der Waals surface area contributed by atoms with E-state index < -0.39 is 0 Å². The maximum atomic E-state index is 12.1. The zero-order chi connectivity index (χ0) is 16.7. The first-order chi connectivity index (χ1) is 11.0. The highest BCUT2D eigenvalue weighted by Crippen LogP contribution is 2.13. The Kier molecular flexibility index (Phi) is 6.18. The molecule has 0 bridgehead atoms. The summed E-state index contributed by atoms with van der Waals surface area (Å²) in [7, 11) is 1.97. The summed E-state index contributed by atoms with van der Waals surface area (Å²) < 4.78 is 0. The monoisotopic (exact) mass is 312 g/mol. The molecule has 0 aromatic heterocycles. The van der Waals surface area contributed by atoms with Gasteiger partial charge in [-0.2, -0.15) is 0 Å². The highest BCUT2D eigenvalue weighted by Gasteiger charge is 2.10. The molecule has 4 heteroatoms. The summed E-state index contributed by atoms with van der Waals surface area (Å²) in [5, 5.41) is 12.5. The van der Waals surface area contributed by atoms with Gasteiger partial charge in [-0.3, -0.25) is 4.79 Å². The maximum Gasteiger partial charge on any atom is 0.221 e. The van der Waals surface area contributed by atoms with E-state index in [4.69, 9.17) is 0 Å². The molecule has 23 heavy (non-hydrogen) atoms. The van der Waals surface area contributed by atoms with E-state index in [1.807, 2.05) is 56.4 Å². The Morgan fingerprint density at radius 2 is 1.91 bits per heavy atom. The second-order valence-electron chi connectivity index (χ2n) is 5.86. The predicted octanol–water partition coefficient (Wildman–Crippen LogP) is 3.09. The number of rotatable bonds is 7. The first kappa shape index (κ1) is 17.0. The van der Waals surface area contributed by atoms with Crippen molar-refractivity contribution in [2.45, 2.75) is 25.9 Å². The lowest BCUT2D eigenvalue weighted by Crippen LogP contribution is -2.30. The van der Waals surface area contributed by atoms with Crippen LogP contribution in [0.15, 0.2) is 54.6 Å². The van der Waals surface area contributed by atoms with Gasteiger partial charge < -0.3 is 15.3 Å². The molecular formula is C19H24N2O2. The molecule has 0 radical (unpaired) electrons. The van der Waals surface area contributed by atoms with Crippen molar-refractivity contribution < 1.29 is 9.90 Å². The van der Waals surface area contributed by atoms with Gasteiger partial charge in [0.15, 0.2) is 0 Å². The van der Waals surface area contributed by atoms with Gasteiger partial charge in [-0.15, -0.1) is 0 Å². The van der Waals surface area contributed by atoms with Crippen LogP contribution in [-0.2, 0) is 11.3 Å². The van der Waals surface area contributed by atoms with Crippen LogP contribution in [-0.4, -0.2) is 29.5 Å². The first-order valence-electron chi connectivity index (χ1n) is 7.85. The quantitative estimate of drug-likeness (QED) is 0.826. The Morgan fingerprint density at radius 1 is 1.17 bits per heavy atom. The van der Waals surface area contributed by atoms with Gasteiger partial charge in [0.05, 0.1) is 6.04 Å². The molecule has 2 aromatic carbocycles. The van der Waals surface area contributed by atoms with Crippen LogP contribution in [0.2, 0.25) is 0 Å². The summed E-state index contributed by atoms with van der Waals surface area (Å²) in [6.45, 7) is 3.36. The zero-order valence-corrected chi connectivity index (χ0v) is 13.7. The third kappa shape index (κ3) is 5.75. The SMILES string of the molecule is CC(NC(=O)CCN(C)Cc1cccc(O)c1)c1ccccc1. The van der Waals surface area contributed by atoms with Crippen LogP contribution in [0.4, 0.5) is 0 Å². The minimum atomic E-state index is 0.0140. The van der Waals surface area contributed by atoms with Crippen LogP contribution in [0.1, 0.15) is 30.5 Å². The lowest BCUT2D eigenvalue weighted by atomic mass is 10.1. The van der Waals surface area contributed by atoms with Gasteiger partial charge in [-0.05, 0) is 37.2 Å². The van der Waals surface area contributed by atoms with E-state index >= 15 is 0 Å². The number of phenolic OH excluding ortho intramolecular Hbond substituents is 1. The normalized spacial score (nSPS) is 12.1. The molecule has 2 rings (SSSR count). The van der Waals surface area contributed by atoms with Crippen molar-refractivity contribution in [1.29, 1.82) is 0 Å². The Labute approximate surface area is 137 Å². The van der Waals surface area contributed by atoms with Gasteiger partial charge in [0.25, 0.3) is 0 Å². The summed E-state index contributed by atoms with van der Waals surface area (Å²) >= 11 is 0. The average Bonchev–Trinajstić information content (AvgIpc) is 2.54. The second kappa shape index (κ2) is 8.34. The number of hydrogen-bond acceptors (Lipinski definition) is 3. The van der Waals surface area contributed by atoms with Crippen molar-refractivity contribution in [1.82, 2.24) is 10.2 Å². The van der Waals surface area contributed by atoms with E-state index in [0.29, 0.717) is 19.5 Å². The highest BCUT2D eigenvalue weighted by atomic mass is 16.3. The van der Waals surface area contributed by atoms with Gasteiger partial charge in [0.1, 0.15) is 5.75 Å². The Morgan fingerprint density at radius 3 is 2.61 bits per heavy atom. The molecule has 1 unspecified atom stereocenters. The molecular weight excluding hydrogens is 288 g/mol. The average molecular weight is 312 g/mol. The largest absolute Gasteiger partial charge is 0.508 e. The molecule has 2 aromatic rings. The minimum Gasteiger partial charge on any atom is -0.508 e. The minimum absolute atomic E-state index is 0.0140. The van der Waals surface area contributed by atoms with E-state index in [-0.39, 0.29) is 17.7 Å². The van der Waals surface area contributed by atoms with Gasteiger partial charge in [0.2, 0.25) is 5.91 Å². The summed E-state index contributed by atoms with van der Waals surface area (Å²) in [6, 6.07) is 17.1. The fraction of sp³-hybridized carbons (Fsp3) is 0.316. The van der Waals surface area contributed by atoms with Gasteiger partial charge >= 0.3 is 0 Å². The molecule has 1 atom stereocenters. The molecule has 0 heterocycles. The van der Waals surface area contributed by atoms with Crippen molar-refractivity contribution >= 4 is 5.91 Å². The van der Waals surface area contributed by atoms with Crippen LogP contribution in [0.25, 0.3) is 0 Å². The molecule has 122 valence electrons. The second-order valence-corrected chi connectivity index (χ2v) is 5.86. The lowest BCUT2D eigenvalue weighted by molar-refractivity contribution is -0.122. The molecule has 0 fully saturated rings. The number of hydrogen-bond donors (Lipinski definition) is 2. The topological polar surface area (TPSA) is 52.6 Å². The zero-order valence-electron chi connectivity index (χ0n) is 13.7. The van der Waals surface area contributed by atoms with Crippen LogP contribution in [0, 0.1) is 0 Å². The van der Waals surface area contributed by atoms with E-state index in [9.17, 15) is 9.90 Å². The summed E-state index contributed by atoms with van der Waals surface area (Å²) in [5.41, 5.74) is 2.14. The smallest absolute Gasteiger partial charge is 0.221 e. The van der Waals surface area contributed by atoms with Crippen molar-refractivity contribution in [2.24, 2.45) is 0 Å². The number of amides is 1. The Balaban J connectivity index is 1.75. The first-order valence-corrected chi connectivity index (χ1v) is 7.85. The van der Waals surface area contributed by atoms with Crippen LogP contribution >= 0.6 is 0 Å².